The van der Waals surface area contributed by atoms with E-state index in [-0.39, 0.29) is 10.7 Å². The number of methoxy groups -OCH3 is 1. The summed E-state index contributed by atoms with van der Waals surface area (Å²) in [6.07, 6.45) is 0. The second kappa shape index (κ2) is 13.7. The van der Waals surface area contributed by atoms with E-state index in [9.17, 15) is 9.59 Å². The van der Waals surface area contributed by atoms with Crippen molar-refractivity contribution in [3.05, 3.63) is 41.5 Å². The summed E-state index contributed by atoms with van der Waals surface area (Å²) < 4.78 is 27.4. The van der Waals surface area contributed by atoms with E-state index in [1.54, 1.807) is 24.3 Å². The van der Waals surface area contributed by atoms with Crippen molar-refractivity contribution >= 4 is 40.6 Å². The molecule has 0 radical (unpaired) electrons. The molecular formula is C26H33N3O7S. The van der Waals surface area contributed by atoms with E-state index in [0.717, 1.165) is 5.69 Å². The average molecular weight is 532 g/mol. The lowest BCUT2D eigenvalue weighted by atomic mass is 10.1. The first-order valence-electron chi connectivity index (χ1n) is 12.2. The van der Waals surface area contributed by atoms with Crippen LogP contribution in [-0.4, -0.2) is 70.2 Å². The lowest BCUT2D eigenvalue weighted by Gasteiger charge is -2.31. The Balaban J connectivity index is 1.85. The lowest BCUT2D eigenvalue weighted by molar-refractivity contribution is 0.0600. The zero-order valence-electron chi connectivity index (χ0n) is 21.5. The van der Waals surface area contributed by atoms with Gasteiger partial charge in [0.05, 0.1) is 57.1 Å². The highest BCUT2D eigenvalue weighted by molar-refractivity contribution is 7.80. The maximum Gasteiger partial charge on any atom is 0.337 e. The summed E-state index contributed by atoms with van der Waals surface area (Å²) in [5, 5.41) is 5.82. The van der Waals surface area contributed by atoms with Crippen LogP contribution in [0, 0.1) is 0 Å². The number of anilines is 2. The van der Waals surface area contributed by atoms with Gasteiger partial charge in [0.25, 0.3) is 5.91 Å². The average Bonchev–Trinajstić information content (AvgIpc) is 2.90. The van der Waals surface area contributed by atoms with Crippen LogP contribution in [0.4, 0.5) is 11.4 Å². The van der Waals surface area contributed by atoms with E-state index in [1.165, 1.54) is 7.11 Å². The topological polar surface area (TPSA) is 108 Å². The molecule has 0 aliphatic carbocycles. The van der Waals surface area contributed by atoms with Gasteiger partial charge in [-0.2, -0.15) is 0 Å². The number of hydrogen-bond acceptors (Lipinski definition) is 9. The van der Waals surface area contributed by atoms with Crippen molar-refractivity contribution in [1.82, 2.24) is 5.32 Å². The molecule has 0 saturated carbocycles. The first-order chi connectivity index (χ1) is 17.9. The van der Waals surface area contributed by atoms with E-state index in [1.807, 2.05) is 26.8 Å². The quantitative estimate of drug-likeness (QED) is 0.349. The van der Waals surface area contributed by atoms with Crippen molar-refractivity contribution in [3.63, 3.8) is 0 Å². The van der Waals surface area contributed by atoms with Gasteiger partial charge in [0.15, 0.2) is 16.6 Å². The van der Waals surface area contributed by atoms with E-state index in [4.69, 9.17) is 35.9 Å². The third-order valence-corrected chi connectivity index (χ3v) is 5.62. The molecule has 10 nitrogen and oxygen atoms in total. The molecule has 0 unspecified atom stereocenters. The summed E-state index contributed by atoms with van der Waals surface area (Å²) in [5.41, 5.74) is 2.03. The number of morpholine rings is 1. The Labute approximate surface area is 222 Å². The second-order valence-electron chi connectivity index (χ2n) is 7.83. The van der Waals surface area contributed by atoms with Gasteiger partial charge < -0.3 is 33.9 Å². The van der Waals surface area contributed by atoms with Gasteiger partial charge in [-0.1, -0.05) is 0 Å². The number of rotatable bonds is 10. The molecule has 11 heteroatoms. The summed E-state index contributed by atoms with van der Waals surface area (Å²) in [7, 11) is 1.32. The van der Waals surface area contributed by atoms with Crippen LogP contribution in [0.15, 0.2) is 30.3 Å². The number of nitrogens with zero attached hydrogens (tertiary/aromatic N) is 1. The highest BCUT2D eigenvalue weighted by Gasteiger charge is 2.21. The second-order valence-corrected chi connectivity index (χ2v) is 8.24. The molecule has 2 N–H and O–H groups in total. The number of carbonyl (C=O) groups excluding carboxylic acids is 2. The Morgan fingerprint density at radius 1 is 0.946 bits per heavy atom. The van der Waals surface area contributed by atoms with Gasteiger partial charge >= 0.3 is 5.97 Å². The summed E-state index contributed by atoms with van der Waals surface area (Å²) in [4.78, 5) is 27.4. The Hall–Kier alpha value is -3.57. The molecule has 1 aliphatic rings. The fraction of sp³-hybridized carbons (Fsp3) is 0.423. The molecule has 200 valence electrons. The smallest absolute Gasteiger partial charge is 0.337 e. The predicted octanol–water partition coefficient (Wildman–Crippen LogP) is 3.63. The van der Waals surface area contributed by atoms with Gasteiger partial charge in [-0.05, 0) is 63.3 Å². The normalized spacial score (nSPS) is 12.9. The highest BCUT2D eigenvalue weighted by Crippen LogP contribution is 2.39. The van der Waals surface area contributed by atoms with Crippen LogP contribution in [-0.2, 0) is 9.47 Å². The van der Waals surface area contributed by atoms with Crippen LogP contribution in [0.2, 0.25) is 0 Å². The summed E-state index contributed by atoms with van der Waals surface area (Å²) >= 11 is 5.46. The van der Waals surface area contributed by atoms with E-state index in [2.05, 4.69) is 15.5 Å². The van der Waals surface area contributed by atoms with Gasteiger partial charge in [-0.3, -0.25) is 10.1 Å². The molecule has 2 aromatic rings. The minimum atomic E-state index is -0.479. The molecule has 0 bridgehead atoms. The number of ether oxygens (including phenoxy) is 5. The molecule has 1 aliphatic heterocycles. The SMILES string of the molecule is CCOc1cc(C(=O)NC(=S)Nc2cc(C(=O)OC)ccc2N2CCOCC2)cc(OCC)c1OCC. The molecule has 37 heavy (non-hydrogen) atoms. The van der Waals surface area contributed by atoms with Gasteiger partial charge in [0, 0.05) is 18.7 Å². The van der Waals surface area contributed by atoms with Crippen LogP contribution in [0.5, 0.6) is 17.2 Å². The first-order valence-corrected chi connectivity index (χ1v) is 12.6. The Morgan fingerprint density at radius 2 is 1.57 bits per heavy atom. The highest BCUT2D eigenvalue weighted by atomic mass is 32.1. The Bertz CT molecular complexity index is 1090. The molecule has 0 spiro atoms. The number of thiocarbonyl (C=S) groups is 1. The predicted molar refractivity (Wildman–Crippen MR) is 144 cm³/mol. The van der Waals surface area contributed by atoms with E-state index >= 15 is 0 Å². The van der Waals surface area contributed by atoms with Crippen molar-refractivity contribution in [2.45, 2.75) is 20.8 Å². The molecule has 1 saturated heterocycles. The third kappa shape index (κ3) is 7.23. The van der Waals surface area contributed by atoms with Crippen LogP contribution in [0.1, 0.15) is 41.5 Å². The molecule has 0 atom stereocenters. The van der Waals surface area contributed by atoms with Crippen LogP contribution in [0.3, 0.4) is 0 Å². The number of nitrogens with one attached hydrogen (secondary N) is 2. The summed E-state index contributed by atoms with van der Waals surface area (Å²) in [6.45, 7) is 9.26. The van der Waals surface area contributed by atoms with Crippen molar-refractivity contribution in [2.75, 3.05) is 63.5 Å². The minimum absolute atomic E-state index is 0.0614. The zero-order valence-corrected chi connectivity index (χ0v) is 22.4. The molecule has 3 rings (SSSR count). The number of benzene rings is 2. The lowest BCUT2D eigenvalue weighted by Crippen LogP contribution is -2.38. The van der Waals surface area contributed by atoms with Gasteiger partial charge in [-0.15, -0.1) is 0 Å². The van der Waals surface area contributed by atoms with Crippen molar-refractivity contribution in [2.24, 2.45) is 0 Å². The monoisotopic (exact) mass is 531 g/mol. The van der Waals surface area contributed by atoms with E-state index < -0.39 is 11.9 Å². The maximum absolute atomic E-state index is 13.1. The number of amides is 1. The zero-order chi connectivity index (χ0) is 26.8. The van der Waals surface area contributed by atoms with Gasteiger partial charge in [0.1, 0.15) is 0 Å². The van der Waals surface area contributed by atoms with Crippen molar-refractivity contribution < 1.29 is 33.3 Å². The summed E-state index contributed by atoms with van der Waals surface area (Å²) in [5.74, 6) is 0.310. The maximum atomic E-state index is 13.1. The number of hydrogen-bond donors (Lipinski definition) is 2. The van der Waals surface area contributed by atoms with Crippen LogP contribution >= 0.6 is 12.2 Å². The molecule has 1 fully saturated rings. The largest absolute Gasteiger partial charge is 0.490 e. The molecule has 1 amide bonds. The number of carbonyl (C=O) groups is 2. The fourth-order valence-corrected chi connectivity index (χ4v) is 4.01. The molecule has 0 aromatic heterocycles. The first kappa shape index (κ1) is 28.0. The van der Waals surface area contributed by atoms with Gasteiger partial charge in [0.2, 0.25) is 5.75 Å². The number of esters is 1. The standard InChI is InChI=1S/C26H33N3O7S/c1-5-34-21-15-18(16-22(35-6-2)23(21)36-7-3)24(30)28-26(37)27-19-14-17(25(31)32-4)8-9-20(19)29-10-12-33-13-11-29/h8-9,14-16H,5-7,10-13H2,1-4H3,(H2,27,28,30,37). The molecule has 1 heterocycles. The van der Waals surface area contributed by atoms with E-state index in [0.29, 0.717) is 74.6 Å². The Morgan fingerprint density at radius 3 is 2.14 bits per heavy atom. The molecular weight excluding hydrogens is 498 g/mol. The van der Waals surface area contributed by atoms with Gasteiger partial charge in [-0.25, -0.2) is 4.79 Å². The van der Waals surface area contributed by atoms with Crippen molar-refractivity contribution in [3.8, 4) is 17.2 Å². The Kier molecular flexibility index (Phi) is 10.3. The minimum Gasteiger partial charge on any atom is -0.490 e. The summed E-state index contributed by atoms with van der Waals surface area (Å²) in [6, 6.07) is 8.33. The van der Waals surface area contributed by atoms with Crippen LogP contribution < -0.4 is 29.7 Å². The van der Waals surface area contributed by atoms with Crippen LogP contribution in [0.25, 0.3) is 0 Å². The third-order valence-electron chi connectivity index (χ3n) is 5.42. The van der Waals surface area contributed by atoms with Crippen molar-refractivity contribution in [1.29, 1.82) is 0 Å². The molecule has 2 aromatic carbocycles. The fourth-order valence-electron chi connectivity index (χ4n) is 3.81.